The van der Waals surface area contributed by atoms with E-state index in [9.17, 15) is 4.79 Å². The minimum absolute atomic E-state index is 0.149. The standard InChI is InChI=1S/C21H20N6OS2/c1-13-8-7-11-18(14(13)2)27-21(24-25-26-27)30-15(3)19(28)23-20-22-17(12-29-20)16-9-5-4-6-10-16/h4-12,15H,1-3H3,(H,22,23,28). The third kappa shape index (κ3) is 4.27. The van der Waals surface area contributed by atoms with E-state index < -0.39 is 5.25 Å². The number of thiazole rings is 1. The van der Waals surface area contributed by atoms with Crippen LogP contribution in [0.15, 0.2) is 59.1 Å². The number of aromatic nitrogens is 5. The van der Waals surface area contributed by atoms with Crippen molar-refractivity contribution < 1.29 is 4.79 Å². The second-order valence-electron chi connectivity index (χ2n) is 6.75. The van der Waals surface area contributed by atoms with Crippen molar-refractivity contribution in [2.75, 3.05) is 5.32 Å². The first-order valence-corrected chi connectivity index (χ1v) is 11.1. The lowest BCUT2D eigenvalue weighted by Gasteiger charge is -2.12. The summed E-state index contributed by atoms with van der Waals surface area (Å²) in [6.45, 7) is 5.90. The first-order valence-electron chi connectivity index (χ1n) is 9.36. The van der Waals surface area contributed by atoms with Gasteiger partial charge in [0.2, 0.25) is 11.1 Å². The van der Waals surface area contributed by atoms with Crippen LogP contribution in [0.2, 0.25) is 0 Å². The molecule has 4 aromatic rings. The lowest BCUT2D eigenvalue weighted by molar-refractivity contribution is -0.115. The summed E-state index contributed by atoms with van der Waals surface area (Å²) in [5.41, 5.74) is 5.02. The normalized spacial score (nSPS) is 12.0. The van der Waals surface area contributed by atoms with Crippen LogP contribution < -0.4 is 5.32 Å². The molecule has 30 heavy (non-hydrogen) atoms. The van der Waals surface area contributed by atoms with E-state index in [0.717, 1.165) is 28.1 Å². The molecular weight excluding hydrogens is 416 g/mol. The predicted octanol–water partition coefficient (Wildman–Crippen LogP) is 4.52. The predicted molar refractivity (Wildman–Crippen MR) is 120 cm³/mol. The van der Waals surface area contributed by atoms with Crippen molar-refractivity contribution in [3.63, 3.8) is 0 Å². The number of amides is 1. The Morgan fingerprint density at radius 1 is 1.13 bits per heavy atom. The minimum Gasteiger partial charge on any atom is -0.301 e. The Morgan fingerprint density at radius 3 is 2.73 bits per heavy atom. The maximum Gasteiger partial charge on any atom is 0.239 e. The summed E-state index contributed by atoms with van der Waals surface area (Å²) in [7, 11) is 0. The van der Waals surface area contributed by atoms with Crippen LogP contribution in [0.3, 0.4) is 0 Å². The highest BCUT2D eigenvalue weighted by Crippen LogP contribution is 2.28. The zero-order valence-corrected chi connectivity index (χ0v) is 18.4. The number of carbonyl (C=O) groups is 1. The van der Waals surface area contributed by atoms with Gasteiger partial charge in [-0.25, -0.2) is 4.98 Å². The SMILES string of the molecule is Cc1cccc(-n2nnnc2SC(C)C(=O)Nc2nc(-c3ccccc3)cs2)c1C. The number of carbonyl (C=O) groups excluding carboxylic acids is 1. The van der Waals surface area contributed by atoms with Gasteiger partial charge in [-0.05, 0) is 48.4 Å². The lowest BCUT2D eigenvalue weighted by Crippen LogP contribution is -2.22. The monoisotopic (exact) mass is 436 g/mol. The van der Waals surface area contributed by atoms with Gasteiger partial charge in [-0.15, -0.1) is 16.4 Å². The van der Waals surface area contributed by atoms with Crippen molar-refractivity contribution >= 4 is 34.1 Å². The van der Waals surface area contributed by atoms with Crippen LogP contribution in [0.1, 0.15) is 18.1 Å². The van der Waals surface area contributed by atoms with Crippen molar-refractivity contribution in [1.82, 2.24) is 25.2 Å². The molecule has 152 valence electrons. The number of benzene rings is 2. The Bertz CT molecular complexity index is 1170. The summed E-state index contributed by atoms with van der Waals surface area (Å²) in [6, 6.07) is 15.9. The highest BCUT2D eigenvalue weighted by Gasteiger charge is 2.21. The number of nitrogens with one attached hydrogen (secondary N) is 1. The number of anilines is 1. The number of rotatable bonds is 6. The van der Waals surface area contributed by atoms with Gasteiger partial charge in [0.15, 0.2) is 5.13 Å². The molecule has 0 aliphatic heterocycles. The molecule has 2 aromatic carbocycles. The van der Waals surface area contributed by atoms with Crippen molar-refractivity contribution in [3.05, 3.63) is 65.0 Å². The Morgan fingerprint density at radius 2 is 1.93 bits per heavy atom. The average Bonchev–Trinajstić information content (AvgIpc) is 3.40. The molecule has 4 rings (SSSR count). The molecule has 0 radical (unpaired) electrons. The summed E-state index contributed by atoms with van der Waals surface area (Å²) in [5, 5.41) is 17.6. The molecule has 0 aliphatic rings. The molecule has 2 aromatic heterocycles. The second-order valence-corrected chi connectivity index (χ2v) is 8.91. The molecule has 0 fully saturated rings. The molecule has 1 atom stereocenters. The zero-order valence-electron chi connectivity index (χ0n) is 16.7. The fraction of sp³-hybridized carbons (Fsp3) is 0.190. The molecule has 0 aliphatic carbocycles. The Balaban J connectivity index is 1.46. The largest absolute Gasteiger partial charge is 0.301 e. The van der Waals surface area contributed by atoms with E-state index in [2.05, 4.69) is 25.8 Å². The quantitative estimate of drug-likeness (QED) is 0.447. The second kappa shape index (κ2) is 8.76. The number of thioether (sulfide) groups is 1. The summed E-state index contributed by atoms with van der Waals surface area (Å²) >= 11 is 2.71. The highest BCUT2D eigenvalue weighted by atomic mass is 32.2. The summed E-state index contributed by atoms with van der Waals surface area (Å²) in [4.78, 5) is 17.2. The van der Waals surface area contributed by atoms with E-state index in [1.165, 1.54) is 23.1 Å². The smallest absolute Gasteiger partial charge is 0.239 e. The molecule has 2 heterocycles. The van der Waals surface area contributed by atoms with E-state index in [1.54, 1.807) is 4.68 Å². The maximum absolute atomic E-state index is 12.7. The number of aryl methyl sites for hydroxylation is 1. The zero-order chi connectivity index (χ0) is 21.1. The fourth-order valence-corrected chi connectivity index (χ4v) is 4.38. The Hall–Kier alpha value is -3.04. The molecule has 7 nitrogen and oxygen atoms in total. The van der Waals surface area contributed by atoms with Crippen LogP contribution in [0, 0.1) is 13.8 Å². The van der Waals surface area contributed by atoms with Crippen molar-refractivity contribution in [3.8, 4) is 16.9 Å². The number of nitrogens with zero attached hydrogens (tertiary/aromatic N) is 5. The Kier molecular flexibility index (Phi) is 5.91. The molecular formula is C21H20N6OS2. The number of hydrogen-bond donors (Lipinski definition) is 1. The van der Waals surface area contributed by atoms with Crippen LogP contribution in [-0.4, -0.2) is 36.3 Å². The average molecular weight is 437 g/mol. The van der Waals surface area contributed by atoms with Gasteiger partial charge in [-0.2, -0.15) is 4.68 Å². The van der Waals surface area contributed by atoms with Crippen LogP contribution in [0.5, 0.6) is 0 Å². The summed E-state index contributed by atoms with van der Waals surface area (Å²) < 4.78 is 1.67. The fourth-order valence-electron chi connectivity index (χ4n) is 2.86. The van der Waals surface area contributed by atoms with Crippen LogP contribution in [-0.2, 0) is 4.79 Å². The topological polar surface area (TPSA) is 85.6 Å². The summed E-state index contributed by atoms with van der Waals surface area (Å²) in [5.74, 6) is -0.149. The van der Waals surface area contributed by atoms with Gasteiger partial charge in [0.1, 0.15) is 0 Å². The van der Waals surface area contributed by atoms with Crippen molar-refractivity contribution in [1.29, 1.82) is 0 Å². The van der Waals surface area contributed by atoms with Crippen LogP contribution in [0.4, 0.5) is 5.13 Å². The van der Waals surface area contributed by atoms with Gasteiger partial charge >= 0.3 is 0 Å². The minimum atomic E-state index is -0.399. The number of hydrogen-bond acceptors (Lipinski definition) is 7. The number of tetrazole rings is 1. The van der Waals surface area contributed by atoms with Gasteiger partial charge in [0.05, 0.1) is 16.6 Å². The molecule has 9 heteroatoms. The van der Waals surface area contributed by atoms with Gasteiger partial charge < -0.3 is 5.32 Å². The first kappa shape index (κ1) is 20.2. The lowest BCUT2D eigenvalue weighted by atomic mass is 10.1. The van der Waals surface area contributed by atoms with Crippen LogP contribution >= 0.6 is 23.1 Å². The van der Waals surface area contributed by atoms with Gasteiger partial charge in [0, 0.05) is 10.9 Å². The van der Waals surface area contributed by atoms with Gasteiger partial charge in [-0.3, -0.25) is 4.79 Å². The van der Waals surface area contributed by atoms with E-state index in [-0.39, 0.29) is 5.91 Å². The van der Waals surface area contributed by atoms with Gasteiger partial charge in [-0.1, -0.05) is 54.2 Å². The highest BCUT2D eigenvalue weighted by molar-refractivity contribution is 8.00. The molecule has 0 bridgehead atoms. The van der Waals surface area contributed by atoms with Gasteiger partial charge in [0.25, 0.3) is 0 Å². The molecule has 0 saturated heterocycles. The van der Waals surface area contributed by atoms with Crippen molar-refractivity contribution in [2.24, 2.45) is 0 Å². The van der Waals surface area contributed by atoms with E-state index >= 15 is 0 Å². The van der Waals surface area contributed by atoms with E-state index in [1.807, 2.05) is 74.7 Å². The third-order valence-electron chi connectivity index (χ3n) is 4.70. The maximum atomic E-state index is 12.7. The molecule has 1 amide bonds. The van der Waals surface area contributed by atoms with Crippen LogP contribution in [0.25, 0.3) is 16.9 Å². The Labute approximate surface area is 182 Å². The van der Waals surface area contributed by atoms with Crippen molar-refractivity contribution in [2.45, 2.75) is 31.2 Å². The molecule has 0 spiro atoms. The van der Waals surface area contributed by atoms with E-state index in [4.69, 9.17) is 0 Å². The molecule has 0 saturated carbocycles. The van der Waals surface area contributed by atoms with E-state index in [0.29, 0.717) is 10.3 Å². The molecule has 1 unspecified atom stereocenters. The molecule has 1 N–H and O–H groups in total. The third-order valence-corrected chi connectivity index (χ3v) is 6.49. The summed E-state index contributed by atoms with van der Waals surface area (Å²) in [6.07, 6.45) is 0. The first-order chi connectivity index (χ1) is 14.5.